The van der Waals surface area contributed by atoms with Crippen molar-refractivity contribution in [3.63, 3.8) is 0 Å². The van der Waals surface area contributed by atoms with Crippen LogP contribution in [0.25, 0.3) is 10.9 Å². The molecule has 3 aromatic rings. The van der Waals surface area contributed by atoms with Crippen molar-refractivity contribution in [3.8, 4) is 0 Å². The highest BCUT2D eigenvalue weighted by Crippen LogP contribution is 2.44. The van der Waals surface area contributed by atoms with Crippen LogP contribution in [0, 0.1) is 0 Å². The van der Waals surface area contributed by atoms with Gasteiger partial charge >= 0.3 is 0 Å². The molecule has 0 spiro atoms. The van der Waals surface area contributed by atoms with Crippen LogP contribution in [0.1, 0.15) is 59.6 Å². The summed E-state index contributed by atoms with van der Waals surface area (Å²) in [7, 11) is 2.10. The van der Waals surface area contributed by atoms with Gasteiger partial charge in [-0.25, -0.2) is 0 Å². The summed E-state index contributed by atoms with van der Waals surface area (Å²) < 4.78 is 2.19. The average Bonchev–Trinajstić information content (AvgIpc) is 3.18. The molecular weight excluding hydrogens is 320 g/mol. The van der Waals surface area contributed by atoms with Crippen molar-refractivity contribution in [2.24, 2.45) is 7.05 Å². The Morgan fingerprint density at radius 3 is 2.46 bits per heavy atom. The molecule has 26 heavy (non-hydrogen) atoms. The molecule has 2 aliphatic rings. The summed E-state index contributed by atoms with van der Waals surface area (Å²) >= 11 is 0. The van der Waals surface area contributed by atoms with Gasteiger partial charge in [0.15, 0.2) is 0 Å². The average molecular weight is 344 g/mol. The highest BCUT2D eigenvalue weighted by atomic mass is 16.2. The fourth-order valence-electron chi connectivity index (χ4n) is 4.98. The second-order valence-corrected chi connectivity index (χ2v) is 7.71. The number of amides is 1. The summed E-state index contributed by atoms with van der Waals surface area (Å²) in [5.41, 5.74) is 4.53. The monoisotopic (exact) mass is 344 g/mol. The SMILES string of the molecule is Cn1cc([C@H]2c3ccccc3C(=O)N2C2CCCCC2)c2ccccc21. The van der Waals surface area contributed by atoms with E-state index in [-0.39, 0.29) is 11.9 Å². The van der Waals surface area contributed by atoms with Crippen molar-refractivity contribution in [1.82, 2.24) is 9.47 Å². The van der Waals surface area contributed by atoms with Crippen LogP contribution in [0.3, 0.4) is 0 Å². The van der Waals surface area contributed by atoms with Crippen molar-refractivity contribution in [2.45, 2.75) is 44.2 Å². The van der Waals surface area contributed by atoms with E-state index in [2.05, 4.69) is 59.1 Å². The van der Waals surface area contributed by atoms with E-state index in [9.17, 15) is 4.79 Å². The Labute approximate surface area is 154 Å². The topological polar surface area (TPSA) is 25.2 Å². The number of para-hydroxylation sites is 1. The molecule has 0 N–H and O–H groups in total. The number of hydrogen-bond donors (Lipinski definition) is 0. The third-order valence-corrected chi connectivity index (χ3v) is 6.19. The first kappa shape index (κ1) is 15.7. The van der Waals surface area contributed by atoms with Gasteiger partial charge < -0.3 is 9.47 Å². The van der Waals surface area contributed by atoms with E-state index in [0.29, 0.717) is 6.04 Å². The maximum atomic E-state index is 13.3. The van der Waals surface area contributed by atoms with Crippen LogP contribution in [0.15, 0.2) is 54.7 Å². The number of nitrogens with zero attached hydrogens (tertiary/aromatic N) is 2. The fraction of sp³-hybridized carbons (Fsp3) is 0.348. The Bertz CT molecular complexity index is 981. The summed E-state index contributed by atoms with van der Waals surface area (Å²) in [6.45, 7) is 0. The Hall–Kier alpha value is -2.55. The number of rotatable bonds is 2. The summed E-state index contributed by atoms with van der Waals surface area (Å²) in [5, 5.41) is 1.25. The van der Waals surface area contributed by atoms with Gasteiger partial charge in [-0.05, 0) is 30.5 Å². The maximum Gasteiger partial charge on any atom is 0.255 e. The Kier molecular flexibility index (Phi) is 3.63. The molecule has 0 saturated heterocycles. The van der Waals surface area contributed by atoms with E-state index in [1.54, 1.807) is 0 Å². The first-order valence-electron chi connectivity index (χ1n) is 9.71. The molecule has 2 heterocycles. The third-order valence-electron chi connectivity index (χ3n) is 6.19. The fourth-order valence-corrected chi connectivity index (χ4v) is 4.98. The minimum Gasteiger partial charge on any atom is -0.350 e. The van der Waals surface area contributed by atoms with Crippen LogP contribution in [0.5, 0.6) is 0 Å². The van der Waals surface area contributed by atoms with Gasteiger partial charge in [0, 0.05) is 41.3 Å². The molecule has 1 aliphatic carbocycles. The van der Waals surface area contributed by atoms with E-state index < -0.39 is 0 Å². The van der Waals surface area contributed by atoms with Crippen molar-refractivity contribution >= 4 is 16.8 Å². The lowest BCUT2D eigenvalue weighted by Crippen LogP contribution is -2.39. The lowest BCUT2D eigenvalue weighted by atomic mass is 9.91. The van der Waals surface area contributed by atoms with Gasteiger partial charge in [-0.2, -0.15) is 0 Å². The molecule has 1 aliphatic heterocycles. The number of benzene rings is 2. The van der Waals surface area contributed by atoms with Gasteiger partial charge in [0.1, 0.15) is 0 Å². The normalized spacial score (nSPS) is 20.7. The van der Waals surface area contributed by atoms with Gasteiger partial charge in [-0.3, -0.25) is 4.79 Å². The quantitative estimate of drug-likeness (QED) is 0.638. The zero-order valence-electron chi connectivity index (χ0n) is 15.2. The molecule has 1 atom stereocenters. The van der Waals surface area contributed by atoms with Crippen LogP contribution in [0.4, 0.5) is 0 Å². The van der Waals surface area contributed by atoms with E-state index >= 15 is 0 Å². The number of aromatic nitrogens is 1. The summed E-state index contributed by atoms with van der Waals surface area (Å²) in [5.74, 6) is 0.213. The largest absolute Gasteiger partial charge is 0.350 e. The number of aryl methyl sites for hydroxylation is 1. The second-order valence-electron chi connectivity index (χ2n) is 7.71. The Morgan fingerprint density at radius 1 is 0.885 bits per heavy atom. The van der Waals surface area contributed by atoms with E-state index in [1.807, 2.05) is 12.1 Å². The molecule has 1 amide bonds. The summed E-state index contributed by atoms with van der Waals surface area (Å²) in [4.78, 5) is 15.5. The van der Waals surface area contributed by atoms with Crippen LogP contribution in [-0.4, -0.2) is 21.4 Å². The Morgan fingerprint density at radius 2 is 1.62 bits per heavy atom. The predicted octanol–water partition coefficient (Wildman–Crippen LogP) is 5.06. The van der Waals surface area contributed by atoms with Crippen molar-refractivity contribution in [3.05, 3.63) is 71.4 Å². The van der Waals surface area contributed by atoms with Gasteiger partial charge in [-0.15, -0.1) is 0 Å². The van der Waals surface area contributed by atoms with Crippen LogP contribution < -0.4 is 0 Å². The van der Waals surface area contributed by atoms with E-state index in [0.717, 1.165) is 18.4 Å². The minimum atomic E-state index is 0.0351. The molecule has 3 nitrogen and oxygen atoms in total. The van der Waals surface area contributed by atoms with Gasteiger partial charge in [-0.1, -0.05) is 55.7 Å². The molecule has 132 valence electrons. The van der Waals surface area contributed by atoms with Gasteiger partial charge in [0.2, 0.25) is 0 Å². The second kappa shape index (κ2) is 6.01. The number of carbonyl (C=O) groups excluding carboxylic acids is 1. The number of hydrogen-bond acceptors (Lipinski definition) is 1. The highest BCUT2D eigenvalue weighted by molar-refractivity contribution is 6.01. The lowest BCUT2D eigenvalue weighted by molar-refractivity contribution is 0.0613. The van der Waals surface area contributed by atoms with Crippen molar-refractivity contribution in [1.29, 1.82) is 0 Å². The molecule has 0 bridgehead atoms. The van der Waals surface area contributed by atoms with Crippen LogP contribution in [0.2, 0.25) is 0 Å². The molecule has 0 unspecified atom stereocenters. The predicted molar refractivity (Wildman–Crippen MR) is 104 cm³/mol. The Balaban J connectivity index is 1.71. The molecule has 2 aromatic carbocycles. The molecular formula is C23H24N2O. The maximum absolute atomic E-state index is 13.3. The molecule has 1 aromatic heterocycles. The van der Waals surface area contributed by atoms with E-state index in [4.69, 9.17) is 0 Å². The zero-order chi connectivity index (χ0) is 17.7. The molecule has 1 fully saturated rings. The summed E-state index contributed by atoms with van der Waals surface area (Å²) in [6.07, 6.45) is 8.23. The van der Waals surface area contributed by atoms with Crippen LogP contribution in [-0.2, 0) is 7.05 Å². The molecule has 5 rings (SSSR count). The van der Waals surface area contributed by atoms with Gasteiger partial charge in [0.25, 0.3) is 5.91 Å². The molecule has 0 radical (unpaired) electrons. The van der Waals surface area contributed by atoms with Crippen LogP contribution >= 0.6 is 0 Å². The summed E-state index contributed by atoms with van der Waals surface area (Å²) in [6, 6.07) is 17.1. The standard InChI is InChI=1S/C23H24N2O/c1-24-15-20(17-11-7-8-14-21(17)24)22-18-12-5-6-13-19(18)23(26)25(22)16-9-3-2-4-10-16/h5-8,11-16,22H,2-4,9-10H2,1H3/t22-/m1/s1. The lowest BCUT2D eigenvalue weighted by Gasteiger charge is -2.36. The smallest absolute Gasteiger partial charge is 0.255 e. The van der Waals surface area contributed by atoms with Gasteiger partial charge in [0.05, 0.1) is 6.04 Å². The highest BCUT2D eigenvalue weighted by Gasteiger charge is 2.42. The van der Waals surface area contributed by atoms with Crippen molar-refractivity contribution < 1.29 is 4.79 Å². The first-order chi connectivity index (χ1) is 12.8. The van der Waals surface area contributed by atoms with E-state index in [1.165, 1.54) is 41.3 Å². The molecule has 3 heteroatoms. The molecule has 1 saturated carbocycles. The van der Waals surface area contributed by atoms with Crippen molar-refractivity contribution in [2.75, 3.05) is 0 Å². The number of carbonyl (C=O) groups is 1. The zero-order valence-corrected chi connectivity index (χ0v) is 15.2. The first-order valence-corrected chi connectivity index (χ1v) is 9.71. The minimum absolute atomic E-state index is 0.0351. The third kappa shape index (κ3) is 2.23. The number of fused-ring (bicyclic) bond motifs is 2.